The lowest BCUT2D eigenvalue weighted by Gasteiger charge is -2.19. The SMILES string of the molecule is Cc1cc(OCCNC(=O)OC(C)(C)C)ccc1C(=O)O. The first-order chi connectivity index (χ1) is 9.69. The normalized spacial score (nSPS) is 10.9. The number of benzene rings is 1. The van der Waals surface area contributed by atoms with E-state index in [9.17, 15) is 9.59 Å². The molecule has 0 fully saturated rings. The van der Waals surface area contributed by atoms with Gasteiger partial charge in [0, 0.05) is 0 Å². The van der Waals surface area contributed by atoms with Gasteiger partial charge >= 0.3 is 12.1 Å². The summed E-state index contributed by atoms with van der Waals surface area (Å²) < 4.78 is 10.5. The highest BCUT2D eigenvalue weighted by Gasteiger charge is 2.15. The second kappa shape index (κ2) is 6.97. The topological polar surface area (TPSA) is 84.9 Å². The van der Waals surface area contributed by atoms with Crippen molar-refractivity contribution >= 4 is 12.1 Å². The highest BCUT2D eigenvalue weighted by atomic mass is 16.6. The van der Waals surface area contributed by atoms with Crippen LogP contribution in [0.25, 0.3) is 0 Å². The molecule has 2 N–H and O–H groups in total. The Morgan fingerprint density at radius 1 is 1.29 bits per heavy atom. The maximum Gasteiger partial charge on any atom is 0.407 e. The minimum absolute atomic E-state index is 0.245. The molecule has 0 aromatic heterocycles. The van der Waals surface area contributed by atoms with Crippen molar-refractivity contribution in [3.8, 4) is 5.75 Å². The molecule has 21 heavy (non-hydrogen) atoms. The third-order valence-corrected chi connectivity index (χ3v) is 2.47. The molecular weight excluding hydrogens is 274 g/mol. The van der Waals surface area contributed by atoms with Gasteiger partial charge in [0.15, 0.2) is 0 Å². The molecule has 6 nitrogen and oxygen atoms in total. The van der Waals surface area contributed by atoms with E-state index in [1.807, 2.05) is 0 Å². The monoisotopic (exact) mass is 295 g/mol. The summed E-state index contributed by atoms with van der Waals surface area (Å²) in [5.41, 5.74) is 0.337. The van der Waals surface area contributed by atoms with E-state index in [0.717, 1.165) is 0 Å². The summed E-state index contributed by atoms with van der Waals surface area (Å²) in [4.78, 5) is 22.3. The number of aryl methyl sites for hydroxylation is 1. The van der Waals surface area contributed by atoms with Crippen LogP contribution in [0.2, 0.25) is 0 Å². The number of carbonyl (C=O) groups is 2. The van der Waals surface area contributed by atoms with E-state index < -0.39 is 17.7 Å². The van der Waals surface area contributed by atoms with E-state index >= 15 is 0 Å². The molecule has 1 amide bonds. The first-order valence-corrected chi connectivity index (χ1v) is 6.62. The van der Waals surface area contributed by atoms with E-state index in [0.29, 0.717) is 17.9 Å². The largest absolute Gasteiger partial charge is 0.492 e. The molecule has 0 atom stereocenters. The summed E-state index contributed by atoms with van der Waals surface area (Å²) in [5.74, 6) is -0.408. The number of rotatable bonds is 5. The Bertz CT molecular complexity index is 519. The number of ether oxygens (including phenoxy) is 2. The smallest absolute Gasteiger partial charge is 0.407 e. The first kappa shape index (κ1) is 16.8. The number of aromatic carboxylic acids is 1. The number of carboxylic acid groups (broad SMARTS) is 1. The summed E-state index contributed by atoms with van der Waals surface area (Å²) >= 11 is 0. The van der Waals surface area contributed by atoms with Crippen molar-refractivity contribution in [3.63, 3.8) is 0 Å². The maximum absolute atomic E-state index is 11.4. The predicted molar refractivity (Wildman–Crippen MR) is 77.9 cm³/mol. The van der Waals surface area contributed by atoms with Crippen LogP contribution in [-0.2, 0) is 4.74 Å². The van der Waals surface area contributed by atoms with Crippen LogP contribution >= 0.6 is 0 Å². The minimum atomic E-state index is -0.967. The van der Waals surface area contributed by atoms with Crippen LogP contribution < -0.4 is 10.1 Å². The lowest BCUT2D eigenvalue weighted by atomic mass is 10.1. The fraction of sp³-hybridized carbons (Fsp3) is 0.467. The second-order valence-corrected chi connectivity index (χ2v) is 5.56. The third kappa shape index (κ3) is 6.16. The molecule has 1 rings (SSSR count). The van der Waals surface area contributed by atoms with E-state index in [2.05, 4.69) is 5.32 Å². The van der Waals surface area contributed by atoms with Crippen molar-refractivity contribution < 1.29 is 24.2 Å². The second-order valence-electron chi connectivity index (χ2n) is 5.56. The van der Waals surface area contributed by atoms with E-state index in [1.165, 1.54) is 6.07 Å². The van der Waals surface area contributed by atoms with E-state index in [1.54, 1.807) is 39.8 Å². The maximum atomic E-state index is 11.4. The number of carbonyl (C=O) groups excluding carboxylic acids is 1. The lowest BCUT2D eigenvalue weighted by Crippen LogP contribution is -2.34. The average Bonchev–Trinajstić information content (AvgIpc) is 2.32. The van der Waals surface area contributed by atoms with Crippen molar-refractivity contribution in [2.24, 2.45) is 0 Å². The number of hydrogen-bond donors (Lipinski definition) is 2. The van der Waals surface area contributed by atoms with Crippen LogP contribution in [0.4, 0.5) is 4.79 Å². The molecule has 0 aliphatic heterocycles. The van der Waals surface area contributed by atoms with Gasteiger partial charge in [0.25, 0.3) is 0 Å². The van der Waals surface area contributed by atoms with Crippen molar-refractivity contribution in [1.29, 1.82) is 0 Å². The zero-order chi connectivity index (χ0) is 16.0. The van der Waals surface area contributed by atoms with Gasteiger partial charge in [0.2, 0.25) is 0 Å². The summed E-state index contributed by atoms with van der Waals surface area (Å²) in [7, 11) is 0. The number of amides is 1. The number of nitrogens with one attached hydrogen (secondary N) is 1. The fourth-order valence-corrected chi connectivity index (χ4v) is 1.60. The Labute approximate surface area is 124 Å². The van der Waals surface area contributed by atoms with Crippen molar-refractivity contribution in [2.45, 2.75) is 33.3 Å². The molecule has 0 aliphatic carbocycles. The summed E-state index contributed by atoms with van der Waals surface area (Å²) in [6.45, 7) is 7.64. The lowest BCUT2D eigenvalue weighted by molar-refractivity contribution is 0.0519. The average molecular weight is 295 g/mol. The van der Waals surface area contributed by atoms with Gasteiger partial charge in [-0.1, -0.05) is 0 Å². The van der Waals surface area contributed by atoms with E-state index in [-0.39, 0.29) is 12.2 Å². The Kier molecular flexibility index (Phi) is 5.58. The van der Waals surface area contributed by atoms with Crippen molar-refractivity contribution in [2.75, 3.05) is 13.2 Å². The third-order valence-electron chi connectivity index (χ3n) is 2.47. The first-order valence-electron chi connectivity index (χ1n) is 6.62. The molecule has 116 valence electrons. The molecule has 0 bridgehead atoms. The van der Waals surface area contributed by atoms with Gasteiger partial charge in [-0.25, -0.2) is 9.59 Å². The van der Waals surface area contributed by atoms with E-state index in [4.69, 9.17) is 14.6 Å². The van der Waals surface area contributed by atoms with Gasteiger partial charge < -0.3 is 19.9 Å². The molecule has 0 saturated heterocycles. The predicted octanol–water partition coefficient (Wildman–Crippen LogP) is 2.60. The highest BCUT2D eigenvalue weighted by Crippen LogP contribution is 2.17. The van der Waals surface area contributed by atoms with Crippen LogP contribution in [0.5, 0.6) is 5.75 Å². The molecule has 0 heterocycles. The number of hydrogen-bond acceptors (Lipinski definition) is 4. The zero-order valence-corrected chi connectivity index (χ0v) is 12.7. The Hall–Kier alpha value is -2.24. The zero-order valence-electron chi connectivity index (χ0n) is 12.7. The Morgan fingerprint density at radius 3 is 2.48 bits per heavy atom. The molecular formula is C15H21NO5. The number of alkyl carbamates (subject to hydrolysis) is 1. The van der Waals surface area contributed by atoms with Gasteiger partial charge in [0.05, 0.1) is 12.1 Å². The molecule has 0 saturated carbocycles. The van der Waals surface area contributed by atoms with Gasteiger partial charge in [-0.2, -0.15) is 0 Å². The standard InChI is InChI=1S/C15H21NO5/c1-10-9-11(5-6-12(10)13(17)18)20-8-7-16-14(19)21-15(2,3)4/h5-6,9H,7-8H2,1-4H3,(H,16,19)(H,17,18). The Morgan fingerprint density at radius 2 is 1.95 bits per heavy atom. The van der Waals surface area contributed by atoms with Crippen LogP contribution in [-0.4, -0.2) is 35.9 Å². The Balaban J connectivity index is 2.38. The van der Waals surface area contributed by atoms with Gasteiger partial charge in [-0.05, 0) is 51.5 Å². The quantitative estimate of drug-likeness (QED) is 0.816. The molecule has 1 aromatic carbocycles. The van der Waals surface area contributed by atoms with Crippen LogP contribution in [0, 0.1) is 6.92 Å². The summed E-state index contributed by atoms with van der Waals surface area (Å²) in [6.07, 6.45) is -0.497. The van der Waals surface area contributed by atoms with Crippen molar-refractivity contribution in [1.82, 2.24) is 5.32 Å². The molecule has 0 aliphatic rings. The molecule has 0 unspecified atom stereocenters. The van der Waals surface area contributed by atoms with Crippen LogP contribution in [0.1, 0.15) is 36.7 Å². The molecule has 1 aromatic rings. The molecule has 0 radical (unpaired) electrons. The highest BCUT2D eigenvalue weighted by molar-refractivity contribution is 5.89. The molecule has 6 heteroatoms. The minimum Gasteiger partial charge on any atom is -0.492 e. The van der Waals surface area contributed by atoms with Crippen LogP contribution in [0.3, 0.4) is 0 Å². The molecule has 0 spiro atoms. The summed E-state index contributed by atoms with van der Waals surface area (Å²) in [5, 5.41) is 11.5. The number of carboxylic acids is 1. The summed E-state index contributed by atoms with van der Waals surface area (Å²) in [6, 6.07) is 4.73. The van der Waals surface area contributed by atoms with Gasteiger partial charge in [-0.3, -0.25) is 0 Å². The van der Waals surface area contributed by atoms with Crippen LogP contribution in [0.15, 0.2) is 18.2 Å². The van der Waals surface area contributed by atoms with Crippen molar-refractivity contribution in [3.05, 3.63) is 29.3 Å². The fourth-order valence-electron chi connectivity index (χ4n) is 1.60. The van der Waals surface area contributed by atoms with Gasteiger partial charge in [-0.15, -0.1) is 0 Å². The van der Waals surface area contributed by atoms with Gasteiger partial charge in [0.1, 0.15) is 18.0 Å².